The number of fused-ring (bicyclic) bond motifs is 5. The van der Waals surface area contributed by atoms with Crippen molar-refractivity contribution in [3.8, 4) is 16.9 Å². The van der Waals surface area contributed by atoms with Gasteiger partial charge in [0, 0.05) is 47.3 Å². The van der Waals surface area contributed by atoms with E-state index in [9.17, 15) is 40.3 Å². The fourth-order valence-electron chi connectivity index (χ4n) is 8.22. The molecule has 4 aromatic heterocycles. The van der Waals surface area contributed by atoms with E-state index >= 15 is 8.78 Å². The van der Waals surface area contributed by atoms with Gasteiger partial charge >= 0.3 is 6.18 Å². The van der Waals surface area contributed by atoms with Gasteiger partial charge in [-0.05, 0) is 61.2 Å². The van der Waals surface area contributed by atoms with Crippen LogP contribution in [0.2, 0.25) is 5.02 Å². The summed E-state index contributed by atoms with van der Waals surface area (Å²) in [6.45, 7) is 0.669. The summed E-state index contributed by atoms with van der Waals surface area (Å²) in [4.78, 5) is 37.3. The van der Waals surface area contributed by atoms with Crippen molar-refractivity contribution in [2.24, 2.45) is 13.0 Å². The maximum absolute atomic E-state index is 15.5. The Morgan fingerprint density at radius 2 is 1.78 bits per heavy atom. The van der Waals surface area contributed by atoms with E-state index < -0.39 is 88.9 Å². The molecule has 0 radical (unpaired) electrons. The summed E-state index contributed by atoms with van der Waals surface area (Å²) < 4.78 is 132. The Labute approximate surface area is 340 Å². The molecule has 3 atom stereocenters. The highest BCUT2D eigenvalue weighted by Gasteiger charge is 2.67. The number of hydrogen-bond donors (Lipinski definition) is 1. The number of nitrogens with zero attached hydrogens (tertiary/aromatic N) is 7. The Balaban J connectivity index is 1.24. The number of rotatable bonds is 9. The topological polar surface area (TPSA) is 113 Å². The summed E-state index contributed by atoms with van der Waals surface area (Å²) in [5.41, 5.74) is -1.94. The summed E-state index contributed by atoms with van der Waals surface area (Å²) in [5.74, 6) is -8.98. The van der Waals surface area contributed by atoms with E-state index in [-0.39, 0.29) is 56.2 Å². The second kappa shape index (κ2) is 13.9. The van der Waals surface area contributed by atoms with Crippen molar-refractivity contribution >= 4 is 50.7 Å². The molecule has 0 aliphatic heterocycles. The van der Waals surface area contributed by atoms with Crippen LogP contribution in [0.1, 0.15) is 63.8 Å². The molecule has 310 valence electrons. The van der Waals surface area contributed by atoms with E-state index in [4.69, 9.17) is 16.6 Å². The van der Waals surface area contributed by atoms with Gasteiger partial charge in [0.1, 0.15) is 35.4 Å². The summed E-state index contributed by atoms with van der Waals surface area (Å²) >= 11 is 6.94. The molecular formula is C39H26ClF9N8O2S. The van der Waals surface area contributed by atoms with Gasteiger partial charge in [-0.3, -0.25) is 23.5 Å². The van der Waals surface area contributed by atoms with Gasteiger partial charge < -0.3 is 5.32 Å². The second-order valence-electron chi connectivity index (χ2n) is 14.7. The van der Waals surface area contributed by atoms with Crippen molar-refractivity contribution in [1.82, 2.24) is 39.4 Å². The lowest BCUT2D eigenvalue weighted by molar-refractivity contribution is -0.137. The Kier molecular flexibility index (Phi) is 9.19. The number of carbonyl (C=O) groups excluding carboxylic acids is 1. The Morgan fingerprint density at radius 3 is 2.47 bits per heavy atom. The fraction of sp³-hybridized carbons (Fsp3) is 0.282. The molecule has 7 aromatic rings. The summed E-state index contributed by atoms with van der Waals surface area (Å²) in [6.07, 6.45) is -8.45. The van der Waals surface area contributed by atoms with Crippen molar-refractivity contribution in [3.05, 3.63) is 120 Å². The van der Waals surface area contributed by atoms with Crippen LogP contribution in [-0.4, -0.2) is 40.0 Å². The number of nitrogens with one attached hydrogen (secondary N) is 1. The normalized spacial score (nSPS) is 17.4. The van der Waals surface area contributed by atoms with Crippen LogP contribution in [0.25, 0.3) is 38.8 Å². The van der Waals surface area contributed by atoms with Gasteiger partial charge in [-0.25, -0.2) is 27.5 Å². The van der Waals surface area contributed by atoms with Crippen LogP contribution in [0.15, 0.2) is 58.7 Å². The van der Waals surface area contributed by atoms with Crippen molar-refractivity contribution in [2.75, 3.05) is 0 Å². The third-order valence-electron chi connectivity index (χ3n) is 10.7. The lowest BCUT2D eigenvalue weighted by Crippen LogP contribution is -2.38. The predicted molar refractivity (Wildman–Crippen MR) is 200 cm³/mol. The number of carbonyl (C=O) groups is 1. The molecule has 0 bridgehead atoms. The summed E-state index contributed by atoms with van der Waals surface area (Å²) in [7, 11) is 1.58. The smallest absolute Gasteiger partial charge is 0.344 e. The lowest BCUT2D eigenvalue weighted by Gasteiger charge is -2.24. The maximum atomic E-state index is 15.5. The standard InChI is InChI=1S/C39H26ClF9N8O2S/c1-15-29-23(40)5-6-27(32(29)55(2)53-15)57-35(51-24-10-17(3-4-20(24)36(57)59)26-14-60-37(52-26)39(47,48)49)25(9-16-7-18(41)11-19(42)8-16)50-28(58)13-56-33-30(31(54-56)34(43)44)21-12-22(21)38(33,45)46/h3-8,10-11,14,21-22,25,34H,9,12-13H2,1-2H3,(H,50,58)/t21-,22+,25-/m0/s1. The van der Waals surface area contributed by atoms with Crippen molar-refractivity contribution in [1.29, 1.82) is 0 Å². The minimum Gasteiger partial charge on any atom is -0.344 e. The number of alkyl halides is 7. The minimum atomic E-state index is -4.73. The molecule has 1 fully saturated rings. The molecule has 21 heteroatoms. The molecule has 0 saturated heterocycles. The maximum Gasteiger partial charge on any atom is 0.443 e. The predicted octanol–water partition coefficient (Wildman–Crippen LogP) is 9.10. The van der Waals surface area contributed by atoms with Gasteiger partial charge in [0.15, 0.2) is 5.01 Å². The highest BCUT2D eigenvalue weighted by atomic mass is 35.5. The van der Waals surface area contributed by atoms with Crippen LogP contribution in [0.5, 0.6) is 0 Å². The molecule has 1 saturated carbocycles. The molecule has 2 aliphatic rings. The Bertz CT molecular complexity index is 2970. The van der Waals surface area contributed by atoms with Crippen LogP contribution >= 0.6 is 22.9 Å². The van der Waals surface area contributed by atoms with Crippen LogP contribution in [-0.2, 0) is 36.9 Å². The van der Waals surface area contributed by atoms with Gasteiger partial charge in [-0.15, -0.1) is 11.3 Å². The fourth-order valence-corrected chi connectivity index (χ4v) is 9.21. The minimum absolute atomic E-state index is 0.0170. The zero-order valence-electron chi connectivity index (χ0n) is 30.8. The molecule has 0 spiro atoms. The number of aryl methyl sites for hydroxylation is 2. The van der Waals surface area contributed by atoms with Gasteiger partial charge in [0.2, 0.25) is 5.91 Å². The van der Waals surface area contributed by atoms with Crippen LogP contribution in [0.4, 0.5) is 39.5 Å². The van der Waals surface area contributed by atoms with Gasteiger partial charge in [0.05, 0.1) is 44.6 Å². The summed E-state index contributed by atoms with van der Waals surface area (Å²) in [5, 5.41) is 11.5. The van der Waals surface area contributed by atoms with Crippen LogP contribution < -0.4 is 10.9 Å². The third-order valence-corrected chi connectivity index (χ3v) is 11.9. The van der Waals surface area contributed by atoms with E-state index in [1.807, 2.05) is 0 Å². The quantitative estimate of drug-likeness (QED) is 0.145. The van der Waals surface area contributed by atoms with Crippen LogP contribution in [0.3, 0.4) is 0 Å². The average molecular weight is 877 g/mol. The van der Waals surface area contributed by atoms with E-state index in [2.05, 4.69) is 20.5 Å². The number of amides is 1. The zero-order chi connectivity index (χ0) is 42.7. The molecule has 1 amide bonds. The van der Waals surface area contributed by atoms with Gasteiger partial charge in [0.25, 0.3) is 17.9 Å². The molecule has 2 aliphatic carbocycles. The molecule has 0 unspecified atom stereocenters. The van der Waals surface area contributed by atoms with Crippen molar-refractivity contribution in [3.63, 3.8) is 0 Å². The number of benzene rings is 3. The molecule has 9 rings (SSSR count). The van der Waals surface area contributed by atoms with Crippen LogP contribution in [0, 0.1) is 24.5 Å². The first kappa shape index (κ1) is 39.7. The van der Waals surface area contributed by atoms with Crippen molar-refractivity contribution < 1.29 is 44.3 Å². The molecule has 1 N–H and O–H groups in total. The highest BCUT2D eigenvalue weighted by Crippen LogP contribution is 2.68. The molecule has 4 heterocycles. The number of thiazole rings is 1. The highest BCUT2D eigenvalue weighted by molar-refractivity contribution is 7.10. The molecule has 10 nitrogen and oxygen atoms in total. The Hall–Kier alpha value is -5.76. The SMILES string of the molecule is Cc1nn(C)c2c(-n3c([C@H](Cc4cc(F)cc(F)c4)NC(=O)Cn4nc(C(F)F)c5c4C(F)(F)[C@@H]4C[C@H]54)nc4cc(-c5csc(C(F)(F)F)n5)ccc4c3=O)ccc(Cl)c12. The number of halogens is 10. The lowest BCUT2D eigenvalue weighted by atomic mass is 10.0. The molecule has 3 aromatic carbocycles. The van der Waals surface area contributed by atoms with Crippen molar-refractivity contribution in [2.45, 2.75) is 56.8 Å². The number of aromatic nitrogens is 7. The molecular weight excluding hydrogens is 851 g/mol. The average Bonchev–Trinajstić information content (AvgIpc) is 3.40. The number of hydrogen-bond acceptors (Lipinski definition) is 7. The first-order chi connectivity index (χ1) is 28.3. The Morgan fingerprint density at radius 1 is 1.05 bits per heavy atom. The zero-order valence-corrected chi connectivity index (χ0v) is 32.3. The largest absolute Gasteiger partial charge is 0.443 e. The molecule has 60 heavy (non-hydrogen) atoms. The van der Waals surface area contributed by atoms with E-state index in [0.29, 0.717) is 38.7 Å². The van der Waals surface area contributed by atoms with E-state index in [1.54, 1.807) is 14.0 Å². The first-order valence-electron chi connectivity index (χ1n) is 18.0. The van der Waals surface area contributed by atoms with Gasteiger partial charge in [-0.2, -0.15) is 32.1 Å². The first-order valence-corrected chi connectivity index (χ1v) is 19.3. The second-order valence-corrected chi connectivity index (χ2v) is 15.9. The van der Waals surface area contributed by atoms with E-state index in [0.717, 1.165) is 16.7 Å². The van der Waals surface area contributed by atoms with E-state index in [1.165, 1.54) is 40.4 Å². The third kappa shape index (κ3) is 6.50. The van der Waals surface area contributed by atoms with Gasteiger partial charge in [-0.1, -0.05) is 17.7 Å². The summed E-state index contributed by atoms with van der Waals surface area (Å²) in [6, 6.07) is 7.94. The monoisotopic (exact) mass is 876 g/mol.